The van der Waals surface area contributed by atoms with Crippen molar-refractivity contribution < 1.29 is 4.74 Å². The van der Waals surface area contributed by atoms with Gasteiger partial charge in [-0.2, -0.15) is 0 Å². The molecule has 2 aromatic carbocycles. The van der Waals surface area contributed by atoms with Crippen molar-refractivity contribution in [1.29, 1.82) is 0 Å². The molecule has 0 aliphatic rings. The summed E-state index contributed by atoms with van der Waals surface area (Å²) in [6.07, 6.45) is 2.90. The fourth-order valence-corrected chi connectivity index (χ4v) is 3.33. The predicted molar refractivity (Wildman–Crippen MR) is 113 cm³/mol. The lowest BCUT2D eigenvalue weighted by Crippen LogP contribution is -2.34. The fourth-order valence-electron chi connectivity index (χ4n) is 3.16. The van der Waals surface area contributed by atoms with Gasteiger partial charge in [0.05, 0.1) is 17.4 Å². The molecule has 0 radical (unpaired) electrons. The molecule has 0 saturated carbocycles. The lowest BCUT2D eigenvalue weighted by Gasteiger charge is -2.17. The summed E-state index contributed by atoms with van der Waals surface area (Å²) in [6.45, 7) is 8.05. The van der Waals surface area contributed by atoms with Gasteiger partial charge in [-0.05, 0) is 55.1 Å². The van der Waals surface area contributed by atoms with Crippen LogP contribution in [0, 0.1) is 0 Å². The first-order valence-corrected chi connectivity index (χ1v) is 10.2. The normalized spacial score (nSPS) is 12.4. The van der Waals surface area contributed by atoms with Crippen LogP contribution in [0.1, 0.15) is 44.7 Å². The molecular weight excluding hydrogens is 358 g/mol. The quantitative estimate of drug-likeness (QED) is 0.500. The Morgan fingerprint density at radius 3 is 2.67 bits per heavy atom. The Bertz CT molecular complexity index is 890. The molecule has 3 aromatic rings. The molecule has 0 saturated heterocycles. The maximum Gasteiger partial charge on any atom is 0.242 e. The van der Waals surface area contributed by atoms with E-state index in [-0.39, 0.29) is 6.23 Å². The van der Waals surface area contributed by atoms with Gasteiger partial charge in [-0.3, -0.25) is 10.00 Å². The highest BCUT2D eigenvalue weighted by atomic mass is 35.5. The minimum Gasteiger partial charge on any atom is -0.457 e. The van der Waals surface area contributed by atoms with Gasteiger partial charge in [-0.25, -0.2) is 0 Å². The lowest BCUT2D eigenvalue weighted by atomic mass is 10.1. The number of aromatic nitrogens is 2. The number of nitrogens with one attached hydrogen (secondary N) is 1. The van der Waals surface area contributed by atoms with Crippen LogP contribution in [0.15, 0.2) is 42.5 Å². The second kappa shape index (κ2) is 9.25. The van der Waals surface area contributed by atoms with Crippen molar-refractivity contribution in [2.24, 2.45) is 0 Å². The number of aryl methyl sites for hydroxylation is 1. The largest absolute Gasteiger partial charge is 0.457 e. The highest BCUT2D eigenvalue weighted by Gasteiger charge is 2.16. The van der Waals surface area contributed by atoms with Crippen molar-refractivity contribution in [3.05, 3.63) is 58.6 Å². The molecule has 0 bridgehead atoms. The maximum absolute atomic E-state index is 6.25. The number of rotatable bonds is 9. The Labute approximate surface area is 166 Å². The van der Waals surface area contributed by atoms with Gasteiger partial charge in [0, 0.05) is 5.02 Å². The molecular formula is C22H28ClN3O. The van der Waals surface area contributed by atoms with Crippen molar-refractivity contribution in [3.8, 4) is 5.88 Å². The lowest BCUT2D eigenvalue weighted by molar-refractivity contribution is 0.153. The molecule has 1 unspecified atom stereocenters. The molecule has 1 atom stereocenters. The number of hydrogen-bond acceptors (Lipinski definition) is 3. The standard InChI is InChI=1S/C22H28ClN3O/c1-4-12-24-21(6-3)27-22-19-14-18(23)10-11-20(19)26(25-22)15-17-9-7-8-16(5-2)13-17/h7-11,13-14,21,24H,4-6,12,15H2,1-3H3. The van der Waals surface area contributed by atoms with E-state index in [9.17, 15) is 0 Å². The molecule has 0 spiro atoms. The number of ether oxygens (including phenoxy) is 1. The third-order valence-electron chi connectivity index (χ3n) is 4.66. The van der Waals surface area contributed by atoms with Gasteiger partial charge in [-0.1, -0.05) is 56.6 Å². The van der Waals surface area contributed by atoms with Crippen LogP contribution in [-0.4, -0.2) is 22.6 Å². The molecule has 144 valence electrons. The first kappa shape index (κ1) is 19.7. The van der Waals surface area contributed by atoms with Crippen LogP contribution in [0.2, 0.25) is 5.02 Å². The topological polar surface area (TPSA) is 39.1 Å². The van der Waals surface area contributed by atoms with Gasteiger partial charge in [0.1, 0.15) is 0 Å². The molecule has 4 nitrogen and oxygen atoms in total. The highest BCUT2D eigenvalue weighted by molar-refractivity contribution is 6.31. The molecule has 1 aromatic heterocycles. The van der Waals surface area contributed by atoms with E-state index in [1.54, 1.807) is 0 Å². The van der Waals surface area contributed by atoms with Crippen LogP contribution < -0.4 is 10.1 Å². The number of fused-ring (bicyclic) bond motifs is 1. The zero-order valence-electron chi connectivity index (χ0n) is 16.3. The Morgan fingerprint density at radius 2 is 1.93 bits per heavy atom. The van der Waals surface area contributed by atoms with E-state index < -0.39 is 0 Å². The summed E-state index contributed by atoms with van der Waals surface area (Å²) < 4.78 is 8.20. The molecule has 1 N–H and O–H groups in total. The van der Waals surface area contributed by atoms with E-state index >= 15 is 0 Å². The molecule has 0 fully saturated rings. The smallest absolute Gasteiger partial charge is 0.242 e. The van der Waals surface area contributed by atoms with E-state index in [1.807, 2.05) is 22.9 Å². The predicted octanol–water partition coefficient (Wildman–Crippen LogP) is 5.41. The van der Waals surface area contributed by atoms with E-state index in [2.05, 4.69) is 50.4 Å². The molecule has 27 heavy (non-hydrogen) atoms. The van der Waals surface area contributed by atoms with Crippen LogP contribution in [0.4, 0.5) is 0 Å². The number of benzene rings is 2. The SMILES string of the molecule is CCCNC(CC)Oc1nn(Cc2cccc(CC)c2)c2ccc(Cl)cc12. The zero-order chi connectivity index (χ0) is 19.2. The van der Waals surface area contributed by atoms with Gasteiger partial charge in [-0.15, -0.1) is 5.10 Å². The monoisotopic (exact) mass is 385 g/mol. The fraction of sp³-hybridized carbons (Fsp3) is 0.409. The Morgan fingerprint density at radius 1 is 1.11 bits per heavy atom. The van der Waals surface area contributed by atoms with Crippen LogP contribution in [0.5, 0.6) is 5.88 Å². The highest BCUT2D eigenvalue weighted by Crippen LogP contribution is 2.29. The summed E-state index contributed by atoms with van der Waals surface area (Å²) in [5.74, 6) is 0.634. The van der Waals surface area contributed by atoms with Crippen LogP contribution in [0.3, 0.4) is 0 Å². The van der Waals surface area contributed by atoms with E-state index in [0.717, 1.165) is 36.7 Å². The Kier molecular flexibility index (Phi) is 6.75. The summed E-state index contributed by atoms with van der Waals surface area (Å²) in [5.41, 5.74) is 3.59. The first-order valence-electron chi connectivity index (χ1n) is 9.78. The second-order valence-electron chi connectivity index (χ2n) is 6.77. The van der Waals surface area contributed by atoms with E-state index in [4.69, 9.17) is 21.4 Å². The van der Waals surface area contributed by atoms with Crippen molar-refractivity contribution in [2.75, 3.05) is 6.54 Å². The van der Waals surface area contributed by atoms with Gasteiger partial charge >= 0.3 is 0 Å². The zero-order valence-corrected chi connectivity index (χ0v) is 17.1. The molecule has 5 heteroatoms. The Balaban J connectivity index is 1.93. The van der Waals surface area contributed by atoms with Crippen LogP contribution in [-0.2, 0) is 13.0 Å². The minimum absolute atomic E-state index is 0.0566. The van der Waals surface area contributed by atoms with Crippen LogP contribution >= 0.6 is 11.6 Å². The molecule has 3 rings (SSSR count). The summed E-state index contributed by atoms with van der Waals surface area (Å²) >= 11 is 6.25. The third-order valence-corrected chi connectivity index (χ3v) is 4.89. The average molecular weight is 386 g/mol. The molecule has 0 amide bonds. The molecule has 0 aliphatic heterocycles. The summed E-state index contributed by atoms with van der Waals surface area (Å²) in [5, 5.41) is 9.83. The number of halogens is 1. The van der Waals surface area contributed by atoms with Gasteiger partial charge in [0.15, 0.2) is 6.23 Å². The van der Waals surface area contributed by atoms with Gasteiger partial charge in [0.25, 0.3) is 0 Å². The third kappa shape index (κ3) is 4.82. The van der Waals surface area contributed by atoms with Crippen LogP contribution in [0.25, 0.3) is 10.9 Å². The maximum atomic E-state index is 6.25. The van der Waals surface area contributed by atoms with Crippen molar-refractivity contribution >= 4 is 22.5 Å². The Hall–Kier alpha value is -2.04. The average Bonchev–Trinajstić information content (AvgIpc) is 3.01. The van der Waals surface area contributed by atoms with Crippen molar-refractivity contribution in [1.82, 2.24) is 15.1 Å². The second-order valence-corrected chi connectivity index (χ2v) is 7.20. The van der Waals surface area contributed by atoms with Gasteiger partial charge < -0.3 is 4.74 Å². The summed E-state index contributed by atoms with van der Waals surface area (Å²) in [6, 6.07) is 14.5. The summed E-state index contributed by atoms with van der Waals surface area (Å²) in [4.78, 5) is 0. The van der Waals surface area contributed by atoms with E-state index in [1.165, 1.54) is 11.1 Å². The van der Waals surface area contributed by atoms with Crippen molar-refractivity contribution in [3.63, 3.8) is 0 Å². The summed E-state index contributed by atoms with van der Waals surface area (Å²) in [7, 11) is 0. The molecule has 1 heterocycles. The minimum atomic E-state index is -0.0566. The number of nitrogens with zero attached hydrogens (tertiary/aromatic N) is 2. The van der Waals surface area contributed by atoms with E-state index in [0.29, 0.717) is 17.4 Å². The number of hydrogen-bond donors (Lipinski definition) is 1. The first-order chi connectivity index (χ1) is 13.1. The van der Waals surface area contributed by atoms with Crippen molar-refractivity contribution in [2.45, 2.75) is 52.8 Å². The molecule has 0 aliphatic carbocycles. The van der Waals surface area contributed by atoms with Gasteiger partial charge in [0.2, 0.25) is 5.88 Å².